The highest BCUT2D eigenvalue weighted by atomic mass is 16.4. The maximum Gasteiger partial charge on any atom is 0.326 e. The summed E-state index contributed by atoms with van der Waals surface area (Å²) in [6, 6.07) is -1.05. The van der Waals surface area contributed by atoms with Crippen LogP contribution in [-0.4, -0.2) is 58.5 Å². The lowest BCUT2D eigenvalue weighted by Crippen LogP contribution is -2.53. The molecule has 112 valence electrons. The van der Waals surface area contributed by atoms with Crippen LogP contribution in [0.5, 0.6) is 0 Å². The number of likely N-dealkylation sites (tertiary alicyclic amines) is 2. The minimum absolute atomic E-state index is 0.0480. The van der Waals surface area contributed by atoms with E-state index in [0.717, 1.165) is 6.42 Å². The molecule has 2 aliphatic rings. The molecule has 2 fully saturated rings. The molecule has 0 aliphatic carbocycles. The molecule has 0 radical (unpaired) electrons. The Morgan fingerprint density at radius 1 is 1.20 bits per heavy atom. The van der Waals surface area contributed by atoms with E-state index in [0.29, 0.717) is 32.5 Å². The molecule has 0 spiro atoms. The van der Waals surface area contributed by atoms with E-state index in [4.69, 9.17) is 5.73 Å². The van der Waals surface area contributed by atoms with Crippen LogP contribution < -0.4 is 5.73 Å². The number of aliphatic carboxylic acids is 1. The lowest BCUT2D eigenvalue weighted by Gasteiger charge is -2.35. The van der Waals surface area contributed by atoms with Gasteiger partial charge in [0, 0.05) is 19.6 Å². The predicted octanol–water partition coefficient (Wildman–Crippen LogP) is 0.0987. The van der Waals surface area contributed by atoms with Crippen LogP contribution in [0.25, 0.3) is 0 Å². The van der Waals surface area contributed by atoms with Crippen LogP contribution in [0, 0.1) is 11.8 Å². The molecule has 3 unspecified atom stereocenters. The number of rotatable bonds is 2. The van der Waals surface area contributed by atoms with Crippen molar-refractivity contribution in [1.82, 2.24) is 9.80 Å². The van der Waals surface area contributed by atoms with Crippen LogP contribution >= 0.6 is 0 Å². The molecule has 2 heterocycles. The van der Waals surface area contributed by atoms with Crippen molar-refractivity contribution in [2.75, 3.05) is 19.6 Å². The average molecular weight is 283 g/mol. The fourth-order valence-electron chi connectivity index (χ4n) is 3.10. The number of nitrogens with two attached hydrogens (primary N) is 1. The molecule has 0 aromatic carbocycles. The average Bonchev–Trinajstić information content (AvgIpc) is 2.80. The molecule has 3 amide bonds. The van der Waals surface area contributed by atoms with Crippen LogP contribution in [0.1, 0.15) is 26.2 Å². The van der Waals surface area contributed by atoms with E-state index < -0.39 is 17.9 Å². The molecule has 0 saturated carbocycles. The Kier molecular flexibility index (Phi) is 4.15. The topological polar surface area (TPSA) is 104 Å². The minimum Gasteiger partial charge on any atom is -0.480 e. The monoisotopic (exact) mass is 283 g/mol. The summed E-state index contributed by atoms with van der Waals surface area (Å²) in [5.74, 6) is -1.73. The number of carbonyl (C=O) groups is 3. The molecular weight excluding hydrogens is 262 g/mol. The molecule has 2 rings (SSSR count). The van der Waals surface area contributed by atoms with Crippen molar-refractivity contribution in [2.45, 2.75) is 32.2 Å². The van der Waals surface area contributed by atoms with Gasteiger partial charge in [-0.15, -0.1) is 0 Å². The van der Waals surface area contributed by atoms with Gasteiger partial charge < -0.3 is 20.6 Å². The number of carboxylic acid groups (broad SMARTS) is 1. The molecule has 3 N–H and O–H groups in total. The highest BCUT2D eigenvalue weighted by Gasteiger charge is 2.42. The summed E-state index contributed by atoms with van der Waals surface area (Å²) >= 11 is 0. The Bertz CT molecular complexity index is 426. The first-order valence-electron chi connectivity index (χ1n) is 6.99. The van der Waals surface area contributed by atoms with Gasteiger partial charge in [0.05, 0.1) is 5.92 Å². The van der Waals surface area contributed by atoms with E-state index in [-0.39, 0.29) is 17.9 Å². The zero-order valence-electron chi connectivity index (χ0n) is 11.6. The Morgan fingerprint density at radius 3 is 2.50 bits per heavy atom. The summed E-state index contributed by atoms with van der Waals surface area (Å²) in [4.78, 5) is 38.0. The first-order chi connectivity index (χ1) is 9.41. The van der Waals surface area contributed by atoms with E-state index in [1.165, 1.54) is 4.90 Å². The van der Waals surface area contributed by atoms with Gasteiger partial charge in [-0.3, -0.25) is 4.79 Å². The number of hydrogen-bond acceptors (Lipinski definition) is 3. The summed E-state index contributed by atoms with van der Waals surface area (Å²) in [7, 11) is 0. The minimum atomic E-state index is -0.966. The second-order valence-electron chi connectivity index (χ2n) is 5.71. The lowest BCUT2D eigenvalue weighted by atomic mass is 9.98. The maximum absolute atomic E-state index is 12.5. The van der Waals surface area contributed by atoms with Crippen molar-refractivity contribution in [3.05, 3.63) is 0 Å². The van der Waals surface area contributed by atoms with Gasteiger partial charge in [-0.2, -0.15) is 0 Å². The van der Waals surface area contributed by atoms with Crippen molar-refractivity contribution < 1.29 is 19.5 Å². The molecule has 2 saturated heterocycles. The summed E-state index contributed by atoms with van der Waals surface area (Å²) in [5, 5.41) is 9.26. The molecule has 7 nitrogen and oxygen atoms in total. The molecule has 20 heavy (non-hydrogen) atoms. The molecule has 0 aromatic heterocycles. The number of primary amides is 1. The molecule has 2 aliphatic heterocycles. The van der Waals surface area contributed by atoms with Crippen LogP contribution in [0.15, 0.2) is 0 Å². The van der Waals surface area contributed by atoms with Gasteiger partial charge >= 0.3 is 12.0 Å². The van der Waals surface area contributed by atoms with Gasteiger partial charge in [0.25, 0.3) is 0 Å². The summed E-state index contributed by atoms with van der Waals surface area (Å²) in [5.41, 5.74) is 5.30. The van der Waals surface area contributed by atoms with E-state index >= 15 is 0 Å². The number of hydrogen-bond donors (Lipinski definition) is 2. The number of amides is 3. The fourth-order valence-corrected chi connectivity index (χ4v) is 3.10. The van der Waals surface area contributed by atoms with Crippen molar-refractivity contribution >= 4 is 17.9 Å². The summed E-state index contributed by atoms with van der Waals surface area (Å²) < 4.78 is 0. The smallest absolute Gasteiger partial charge is 0.326 e. The fraction of sp³-hybridized carbons (Fsp3) is 0.769. The van der Waals surface area contributed by atoms with Gasteiger partial charge in [0.1, 0.15) is 6.04 Å². The highest BCUT2D eigenvalue weighted by Crippen LogP contribution is 2.27. The van der Waals surface area contributed by atoms with Crippen molar-refractivity contribution in [1.29, 1.82) is 0 Å². The van der Waals surface area contributed by atoms with Crippen molar-refractivity contribution in [2.24, 2.45) is 17.6 Å². The van der Waals surface area contributed by atoms with Gasteiger partial charge in [-0.25, -0.2) is 9.59 Å². The van der Waals surface area contributed by atoms with Gasteiger partial charge in [0.2, 0.25) is 5.91 Å². The Hall–Kier alpha value is -1.79. The zero-order chi connectivity index (χ0) is 14.9. The van der Waals surface area contributed by atoms with E-state index in [1.54, 1.807) is 4.90 Å². The third-order valence-corrected chi connectivity index (χ3v) is 4.29. The SMILES string of the molecule is CC1CCN(C(=O)N2CCCC(C(N)=O)C2)C1C(=O)O. The molecular formula is C13H21N3O4. The summed E-state index contributed by atoms with van der Waals surface area (Å²) in [6.07, 6.45) is 2.11. The third-order valence-electron chi connectivity index (χ3n) is 4.29. The highest BCUT2D eigenvalue weighted by molar-refractivity contribution is 5.84. The van der Waals surface area contributed by atoms with E-state index in [9.17, 15) is 19.5 Å². The maximum atomic E-state index is 12.5. The largest absolute Gasteiger partial charge is 0.480 e. The second kappa shape index (κ2) is 5.68. The third kappa shape index (κ3) is 2.71. The Balaban J connectivity index is 2.07. The summed E-state index contributed by atoms with van der Waals surface area (Å²) in [6.45, 7) is 3.15. The quantitative estimate of drug-likeness (QED) is 0.750. The van der Waals surface area contributed by atoms with Crippen LogP contribution in [0.3, 0.4) is 0 Å². The van der Waals surface area contributed by atoms with Crippen LogP contribution in [0.4, 0.5) is 4.79 Å². The first kappa shape index (κ1) is 14.6. The lowest BCUT2D eigenvalue weighted by molar-refractivity contribution is -0.142. The Labute approximate surface area is 117 Å². The number of nitrogens with zero attached hydrogens (tertiary/aromatic N) is 2. The number of carbonyl (C=O) groups excluding carboxylic acids is 2. The predicted molar refractivity (Wildman–Crippen MR) is 70.8 cm³/mol. The van der Waals surface area contributed by atoms with E-state index in [2.05, 4.69) is 0 Å². The van der Waals surface area contributed by atoms with Crippen LogP contribution in [-0.2, 0) is 9.59 Å². The number of urea groups is 1. The van der Waals surface area contributed by atoms with Gasteiger partial charge in [-0.1, -0.05) is 6.92 Å². The van der Waals surface area contributed by atoms with E-state index in [1.807, 2.05) is 6.92 Å². The molecule has 0 bridgehead atoms. The van der Waals surface area contributed by atoms with Crippen molar-refractivity contribution in [3.63, 3.8) is 0 Å². The van der Waals surface area contributed by atoms with Gasteiger partial charge in [-0.05, 0) is 25.2 Å². The number of piperidine rings is 1. The van der Waals surface area contributed by atoms with Crippen molar-refractivity contribution in [3.8, 4) is 0 Å². The first-order valence-corrected chi connectivity index (χ1v) is 6.99. The Morgan fingerprint density at radius 2 is 1.90 bits per heavy atom. The molecule has 7 heteroatoms. The molecule has 0 aromatic rings. The second-order valence-corrected chi connectivity index (χ2v) is 5.71. The zero-order valence-corrected chi connectivity index (χ0v) is 11.6. The number of carboxylic acids is 1. The standard InChI is InChI=1S/C13H21N3O4/c1-8-4-6-16(10(8)12(18)19)13(20)15-5-2-3-9(7-15)11(14)17/h8-10H,2-7H2,1H3,(H2,14,17)(H,18,19). The van der Waals surface area contributed by atoms with Crippen LogP contribution in [0.2, 0.25) is 0 Å². The normalized spacial score (nSPS) is 30.4. The molecule has 3 atom stereocenters. The van der Waals surface area contributed by atoms with Gasteiger partial charge in [0.15, 0.2) is 0 Å².